The molecule has 0 radical (unpaired) electrons. The van der Waals surface area contributed by atoms with Crippen LogP contribution in [0.15, 0.2) is 30.3 Å². The Kier molecular flexibility index (Phi) is 6.12. The summed E-state index contributed by atoms with van der Waals surface area (Å²) in [5.41, 5.74) is 6.30. The van der Waals surface area contributed by atoms with Crippen molar-refractivity contribution < 1.29 is 18.8 Å². The second kappa shape index (κ2) is 9.43. The maximum absolute atomic E-state index is 15.2. The first-order valence-corrected chi connectivity index (χ1v) is 13.3. The predicted molar refractivity (Wildman–Crippen MR) is 133 cm³/mol. The van der Waals surface area contributed by atoms with Gasteiger partial charge in [-0.15, -0.1) is 0 Å². The van der Waals surface area contributed by atoms with Crippen LogP contribution in [0.25, 0.3) is 0 Å². The quantitative estimate of drug-likeness (QED) is 0.663. The molecule has 1 N–H and O–H groups in total. The van der Waals surface area contributed by atoms with Crippen LogP contribution in [0.3, 0.4) is 0 Å². The van der Waals surface area contributed by atoms with Crippen molar-refractivity contribution in [3.8, 4) is 0 Å². The molecule has 0 spiro atoms. The number of rotatable bonds is 4. The van der Waals surface area contributed by atoms with Gasteiger partial charge in [0.2, 0.25) is 11.8 Å². The fourth-order valence-electron chi connectivity index (χ4n) is 6.57. The molecular formula is C29H32FN3O3. The van der Waals surface area contributed by atoms with Crippen molar-refractivity contribution >= 4 is 17.7 Å². The average Bonchev–Trinajstić information content (AvgIpc) is 3.19. The van der Waals surface area contributed by atoms with Crippen molar-refractivity contribution in [3.05, 3.63) is 69.5 Å². The van der Waals surface area contributed by atoms with Gasteiger partial charge in [-0.25, -0.2) is 4.39 Å². The van der Waals surface area contributed by atoms with Crippen LogP contribution in [0.4, 0.5) is 4.39 Å². The Morgan fingerprint density at radius 1 is 0.944 bits per heavy atom. The lowest BCUT2D eigenvalue weighted by atomic mass is 9.86. The molecule has 4 aliphatic rings. The van der Waals surface area contributed by atoms with Crippen LogP contribution in [0.1, 0.15) is 82.6 Å². The van der Waals surface area contributed by atoms with E-state index in [2.05, 4.69) is 28.4 Å². The second-order valence-corrected chi connectivity index (χ2v) is 10.7. The SMILES string of the molecule is O=C1CCC(N2Cc3cc(C4CCN(Cc5cccc6c5CCCC6)CC4)c(F)cc3C2=O)C(=O)N1. The maximum Gasteiger partial charge on any atom is 0.255 e. The number of carbonyl (C=O) groups excluding carboxylic acids is 3. The molecule has 1 atom stereocenters. The predicted octanol–water partition coefficient (Wildman–Crippen LogP) is 3.85. The molecule has 3 aliphatic heterocycles. The molecule has 2 aromatic rings. The zero-order chi connectivity index (χ0) is 24.8. The Balaban J connectivity index is 1.13. The molecule has 0 bridgehead atoms. The normalized spacial score (nSPS) is 23.0. The molecule has 1 unspecified atom stereocenters. The van der Waals surface area contributed by atoms with Gasteiger partial charge >= 0.3 is 0 Å². The first-order valence-electron chi connectivity index (χ1n) is 13.3. The molecule has 188 valence electrons. The van der Waals surface area contributed by atoms with E-state index >= 15 is 4.39 Å². The summed E-state index contributed by atoms with van der Waals surface area (Å²) in [6.45, 7) is 3.09. The topological polar surface area (TPSA) is 69.7 Å². The molecule has 0 aromatic heterocycles. The number of nitrogens with zero attached hydrogens (tertiary/aromatic N) is 2. The minimum absolute atomic E-state index is 0.121. The van der Waals surface area contributed by atoms with Gasteiger partial charge in [0, 0.05) is 25.1 Å². The van der Waals surface area contributed by atoms with E-state index in [0.717, 1.165) is 38.0 Å². The number of halogens is 1. The molecule has 36 heavy (non-hydrogen) atoms. The summed E-state index contributed by atoms with van der Waals surface area (Å²) < 4.78 is 15.2. The Hall–Kier alpha value is -3.06. The Labute approximate surface area is 210 Å². The van der Waals surface area contributed by atoms with Crippen LogP contribution < -0.4 is 5.32 Å². The molecule has 1 aliphatic carbocycles. The first-order chi connectivity index (χ1) is 17.5. The largest absolute Gasteiger partial charge is 0.322 e. The summed E-state index contributed by atoms with van der Waals surface area (Å²) in [6.07, 6.45) is 7.20. The van der Waals surface area contributed by atoms with Crippen molar-refractivity contribution in [1.29, 1.82) is 0 Å². The van der Waals surface area contributed by atoms with Crippen LogP contribution in [0.2, 0.25) is 0 Å². The van der Waals surface area contributed by atoms with Gasteiger partial charge in [0.25, 0.3) is 5.91 Å². The number of hydrogen-bond donors (Lipinski definition) is 1. The van der Waals surface area contributed by atoms with Crippen molar-refractivity contribution in [3.63, 3.8) is 0 Å². The van der Waals surface area contributed by atoms with E-state index in [-0.39, 0.29) is 36.5 Å². The average molecular weight is 490 g/mol. The lowest BCUT2D eigenvalue weighted by molar-refractivity contribution is -0.136. The summed E-state index contributed by atoms with van der Waals surface area (Å²) >= 11 is 0. The minimum atomic E-state index is -0.680. The van der Waals surface area contributed by atoms with Gasteiger partial charge < -0.3 is 4.90 Å². The van der Waals surface area contributed by atoms with Crippen LogP contribution in [0.5, 0.6) is 0 Å². The number of amides is 3. The zero-order valence-corrected chi connectivity index (χ0v) is 20.5. The van der Waals surface area contributed by atoms with E-state index in [1.165, 1.54) is 47.8 Å². The maximum atomic E-state index is 15.2. The highest BCUT2D eigenvalue weighted by Gasteiger charge is 2.40. The zero-order valence-electron chi connectivity index (χ0n) is 20.5. The van der Waals surface area contributed by atoms with Gasteiger partial charge in [0.1, 0.15) is 11.9 Å². The summed E-state index contributed by atoms with van der Waals surface area (Å²) in [7, 11) is 0. The van der Waals surface area contributed by atoms with Gasteiger partial charge in [-0.05, 0) is 97.8 Å². The fourth-order valence-corrected chi connectivity index (χ4v) is 6.57. The van der Waals surface area contributed by atoms with E-state index in [0.29, 0.717) is 17.5 Å². The number of piperidine rings is 2. The Morgan fingerprint density at radius 3 is 2.56 bits per heavy atom. The molecule has 2 saturated heterocycles. The van der Waals surface area contributed by atoms with Gasteiger partial charge in [0.05, 0.1) is 0 Å². The van der Waals surface area contributed by atoms with Crippen molar-refractivity contribution in [1.82, 2.24) is 15.1 Å². The van der Waals surface area contributed by atoms with Gasteiger partial charge in [-0.3, -0.25) is 24.6 Å². The third kappa shape index (κ3) is 4.23. The Morgan fingerprint density at radius 2 is 1.75 bits per heavy atom. The van der Waals surface area contributed by atoms with E-state index in [1.807, 2.05) is 6.07 Å². The van der Waals surface area contributed by atoms with Gasteiger partial charge in [-0.2, -0.15) is 0 Å². The number of fused-ring (bicyclic) bond motifs is 2. The number of benzene rings is 2. The monoisotopic (exact) mass is 489 g/mol. The van der Waals surface area contributed by atoms with Gasteiger partial charge in [-0.1, -0.05) is 24.3 Å². The number of imide groups is 1. The number of hydrogen-bond acceptors (Lipinski definition) is 4. The van der Waals surface area contributed by atoms with Gasteiger partial charge in [0.15, 0.2) is 0 Å². The first kappa shape index (κ1) is 23.3. The summed E-state index contributed by atoms with van der Waals surface area (Å²) in [4.78, 5) is 40.7. The fraction of sp³-hybridized carbons (Fsp3) is 0.483. The third-order valence-electron chi connectivity index (χ3n) is 8.56. The van der Waals surface area contributed by atoms with Crippen LogP contribution in [-0.4, -0.2) is 46.7 Å². The molecule has 3 heterocycles. The van der Waals surface area contributed by atoms with Crippen molar-refractivity contribution in [2.75, 3.05) is 13.1 Å². The highest BCUT2D eigenvalue weighted by atomic mass is 19.1. The number of nitrogens with one attached hydrogen (secondary N) is 1. The molecule has 0 saturated carbocycles. The number of likely N-dealkylation sites (tertiary alicyclic amines) is 1. The van der Waals surface area contributed by atoms with E-state index in [4.69, 9.17) is 0 Å². The minimum Gasteiger partial charge on any atom is -0.322 e. The van der Waals surface area contributed by atoms with E-state index < -0.39 is 11.9 Å². The van der Waals surface area contributed by atoms with Crippen molar-refractivity contribution in [2.24, 2.45) is 0 Å². The molecule has 7 heteroatoms. The molecule has 6 rings (SSSR count). The van der Waals surface area contributed by atoms with Crippen molar-refractivity contribution in [2.45, 2.75) is 76.4 Å². The lowest BCUT2D eigenvalue weighted by Gasteiger charge is -2.33. The number of carbonyl (C=O) groups is 3. The van der Waals surface area contributed by atoms with E-state index in [1.54, 1.807) is 5.56 Å². The molecule has 3 amide bonds. The standard InChI is InChI=1S/C29H32FN3O3/c30-25-15-24-21(17-33(29(24)36)26-8-9-27(34)31-28(26)35)14-23(25)19-10-12-32(13-11-19)16-20-6-3-5-18-4-1-2-7-22(18)20/h3,5-6,14-15,19,26H,1-2,4,7-13,16-17H2,(H,31,34,35). The Bertz CT molecular complexity index is 1230. The third-order valence-corrected chi connectivity index (χ3v) is 8.56. The highest BCUT2D eigenvalue weighted by molar-refractivity contribution is 6.05. The smallest absolute Gasteiger partial charge is 0.255 e. The molecule has 6 nitrogen and oxygen atoms in total. The summed E-state index contributed by atoms with van der Waals surface area (Å²) in [6, 6.07) is 9.25. The second-order valence-electron chi connectivity index (χ2n) is 10.7. The van der Waals surface area contributed by atoms with Crippen LogP contribution in [0, 0.1) is 5.82 Å². The summed E-state index contributed by atoms with van der Waals surface area (Å²) in [5.74, 6) is -1.29. The van der Waals surface area contributed by atoms with Crippen LogP contribution >= 0.6 is 0 Å². The molecular weight excluding hydrogens is 457 g/mol. The van der Waals surface area contributed by atoms with E-state index in [9.17, 15) is 14.4 Å². The molecule has 2 fully saturated rings. The summed E-state index contributed by atoms with van der Waals surface area (Å²) in [5, 5.41) is 2.32. The number of aryl methyl sites for hydroxylation is 1. The van der Waals surface area contributed by atoms with Crippen LogP contribution in [-0.2, 0) is 35.5 Å². The lowest BCUT2D eigenvalue weighted by Crippen LogP contribution is -2.52. The highest BCUT2D eigenvalue weighted by Crippen LogP contribution is 2.36. The molecule has 2 aromatic carbocycles.